The number of hydrogen-bond acceptors (Lipinski definition) is 4. The molecule has 124 valence electrons. The number of carbonyl (C=O) groups is 1. The number of hydrazine groups is 1. The second kappa shape index (κ2) is 6.02. The van der Waals surface area contributed by atoms with Gasteiger partial charge in [0.15, 0.2) is 0 Å². The topological polar surface area (TPSA) is 92.6 Å². The molecule has 0 aliphatic heterocycles. The van der Waals surface area contributed by atoms with E-state index in [1.54, 1.807) is 35.7 Å². The largest absolute Gasteiger partial charge is 0.295 e. The van der Waals surface area contributed by atoms with Crippen LogP contribution in [-0.2, 0) is 10.0 Å². The molecule has 0 unspecified atom stereocenters. The number of pyridine rings is 1. The van der Waals surface area contributed by atoms with Gasteiger partial charge >= 0.3 is 0 Å². The number of hydrogen-bond donors (Lipinski definition) is 2. The van der Waals surface area contributed by atoms with Crippen molar-refractivity contribution in [1.29, 1.82) is 0 Å². The molecule has 0 aliphatic carbocycles. The van der Waals surface area contributed by atoms with Crippen molar-refractivity contribution < 1.29 is 17.6 Å². The average Bonchev–Trinajstić information content (AvgIpc) is 2.88. The number of aryl methyl sites for hydroxylation is 1. The lowest BCUT2D eigenvalue weighted by molar-refractivity contribution is 0.0938. The van der Waals surface area contributed by atoms with Crippen molar-refractivity contribution in [2.24, 2.45) is 0 Å². The van der Waals surface area contributed by atoms with Crippen LogP contribution in [0, 0.1) is 12.7 Å². The summed E-state index contributed by atoms with van der Waals surface area (Å²) in [4.78, 5) is 18.2. The summed E-state index contributed by atoms with van der Waals surface area (Å²) in [6.07, 6.45) is 1.64. The van der Waals surface area contributed by atoms with Crippen molar-refractivity contribution in [1.82, 2.24) is 19.6 Å². The Morgan fingerprint density at radius 3 is 2.75 bits per heavy atom. The highest BCUT2D eigenvalue weighted by molar-refractivity contribution is 7.89. The Balaban J connectivity index is 1.84. The van der Waals surface area contributed by atoms with Gasteiger partial charge in [-0.05, 0) is 37.3 Å². The van der Waals surface area contributed by atoms with Gasteiger partial charge in [-0.25, -0.2) is 17.8 Å². The minimum absolute atomic E-state index is 0.201. The number of nitrogens with one attached hydrogen (secondary N) is 2. The number of aromatic nitrogens is 2. The highest BCUT2D eigenvalue weighted by Crippen LogP contribution is 2.12. The van der Waals surface area contributed by atoms with Crippen LogP contribution in [0.3, 0.4) is 0 Å². The Labute approximate surface area is 137 Å². The second-order valence-electron chi connectivity index (χ2n) is 4.99. The molecular weight excluding hydrogens is 335 g/mol. The molecular formula is C15H13FN4O3S. The fourth-order valence-corrected chi connectivity index (χ4v) is 3.12. The summed E-state index contributed by atoms with van der Waals surface area (Å²) < 4.78 is 38.9. The highest BCUT2D eigenvalue weighted by Gasteiger charge is 2.20. The van der Waals surface area contributed by atoms with Crippen LogP contribution in [-0.4, -0.2) is 23.7 Å². The molecule has 2 aromatic heterocycles. The molecule has 1 amide bonds. The van der Waals surface area contributed by atoms with Crippen molar-refractivity contribution in [2.75, 3.05) is 0 Å². The van der Waals surface area contributed by atoms with Crippen LogP contribution < -0.4 is 10.3 Å². The van der Waals surface area contributed by atoms with E-state index in [-0.39, 0.29) is 10.6 Å². The first kappa shape index (κ1) is 16.1. The minimum atomic E-state index is -4.09. The molecule has 7 nitrogen and oxygen atoms in total. The van der Waals surface area contributed by atoms with Crippen LogP contribution in [0.5, 0.6) is 0 Å². The number of nitrogens with zero attached hydrogens (tertiary/aromatic N) is 2. The minimum Gasteiger partial charge on any atom is -0.295 e. The molecule has 0 atom stereocenters. The quantitative estimate of drug-likeness (QED) is 0.697. The number of sulfonamides is 1. The summed E-state index contributed by atoms with van der Waals surface area (Å²) in [5.41, 5.74) is 3.33. The van der Waals surface area contributed by atoms with Gasteiger partial charge in [-0.15, -0.1) is 4.83 Å². The average molecular weight is 348 g/mol. The Hall–Kier alpha value is -2.78. The number of carbonyl (C=O) groups excluding carboxylic acids is 1. The van der Waals surface area contributed by atoms with E-state index in [9.17, 15) is 17.6 Å². The summed E-state index contributed by atoms with van der Waals surface area (Å²) >= 11 is 0. The van der Waals surface area contributed by atoms with Gasteiger partial charge in [0, 0.05) is 6.20 Å². The monoisotopic (exact) mass is 348 g/mol. The Bertz CT molecular complexity index is 1030. The van der Waals surface area contributed by atoms with Crippen LogP contribution in [0.25, 0.3) is 5.65 Å². The van der Waals surface area contributed by atoms with E-state index in [2.05, 4.69) is 10.4 Å². The SMILES string of the molecule is Cc1nc2ccccn2c1C(=O)NNS(=O)(=O)c1cccc(F)c1. The van der Waals surface area contributed by atoms with Gasteiger partial charge in [0.05, 0.1) is 10.6 Å². The van der Waals surface area contributed by atoms with Crippen molar-refractivity contribution in [3.63, 3.8) is 0 Å². The third-order valence-corrected chi connectivity index (χ3v) is 4.57. The highest BCUT2D eigenvalue weighted by atomic mass is 32.2. The number of fused-ring (bicyclic) bond motifs is 1. The Morgan fingerprint density at radius 2 is 2.00 bits per heavy atom. The Morgan fingerprint density at radius 1 is 1.21 bits per heavy atom. The van der Waals surface area contributed by atoms with Gasteiger partial charge in [0.25, 0.3) is 15.9 Å². The van der Waals surface area contributed by atoms with E-state index in [0.29, 0.717) is 11.3 Å². The lowest BCUT2D eigenvalue weighted by Gasteiger charge is -2.09. The fraction of sp³-hybridized carbons (Fsp3) is 0.0667. The summed E-state index contributed by atoms with van der Waals surface area (Å²) in [5.74, 6) is -1.37. The third kappa shape index (κ3) is 2.99. The van der Waals surface area contributed by atoms with Crippen LogP contribution >= 0.6 is 0 Å². The number of amides is 1. The maximum absolute atomic E-state index is 13.2. The van der Waals surface area contributed by atoms with E-state index < -0.39 is 21.7 Å². The molecule has 3 aromatic rings. The molecule has 3 rings (SSSR count). The molecule has 0 saturated carbocycles. The molecule has 1 aromatic carbocycles. The predicted molar refractivity (Wildman–Crippen MR) is 84.1 cm³/mol. The molecule has 0 spiro atoms. The number of rotatable bonds is 4. The second-order valence-corrected chi connectivity index (χ2v) is 6.67. The first-order chi connectivity index (χ1) is 11.4. The number of benzene rings is 1. The smallest absolute Gasteiger partial charge is 0.285 e. The lowest BCUT2D eigenvalue weighted by atomic mass is 10.3. The molecule has 0 saturated heterocycles. The van der Waals surface area contributed by atoms with E-state index >= 15 is 0 Å². The molecule has 9 heteroatoms. The predicted octanol–water partition coefficient (Wildman–Crippen LogP) is 1.41. The van der Waals surface area contributed by atoms with Gasteiger partial charge in [0.2, 0.25) is 0 Å². The van der Waals surface area contributed by atoms with E-state index in [4.69, 9.17) is 0 Å². The summed E-state index contributed by atoms with van der Waals surface area (Å²) in [6.45, 7) is 1.64. The summed E-state index contributed by atoms with van der Waals surface area (Å²) in [5, 5.41) is 0. The zero-order valence-corrected chi connectivity index (χ0v) is 13.3. The lowest BCUT2D eigenvalue weighted by Crippen LogP contribution is -2.42. The first-order valence-electron chi connectivity index (χ1n) is 6.90. The Kier molecular flexibility index (Phi) is 4.04. The van der Waals surface area contributed by atoms with Crippen molar-refractivity contribution >= 4 is 21.6 Å². The van der Waals surface area contributed by atoms with Gasteiger partial charge in [0.1, 0.15) is 17.2 Å². The fourth-order valence-electron chi connectivity index (χ4n) is 2.25. The van der Waals surface area contributed by atoms with Gasteiger partial charge < -0.3 is 0 Å². The maximum atomic E-state index is 13.2. The first-order valence-corrected chi connectivity index (χ1v) is 8.38. The van der Waals surface area contributed by atoms with Gasteiger partial charge in [-0.3, -0.25) is 14.6 Å². The normalized spacial score (nSPS) is 11.6. The van der Waals surface area contributed by atoms with E-state index in [1.807, 2.05) is 4.83 Å². The van der Waals surface area contributed by atoms with Crippen LogP contribution in [0.15, 0.2) is 53.6 Å². The molecule has 0 fully saturated rings. The van der Waals surface area contributed by atoms with Crippen molar-refractivity contribution in [2.45, 2.75) is 11.8 Å². The van der Waals surface area contributed by atoms with E-state index in [1.165, 1.54) is 12.1 Å². The summed E-state index contributed by atoms with van der Waals surface area (Å²) in [6, 6.07) is 9.68. The third-order valence-electron chi connectivity index (χ3n) is 3.32. The van der Waals surface area contributed by atoms with E-state index in [0.717, 1.165) is 12.1 Å². The zero-order chi connectivity index (χ0) is 17.3. The molecule has 2 N–H and O–H groups in total. The molecule has 0 radical (unpaired) electrons. The zero-order valence-electron chi connectivity index (χ0n) is 12.5. The van der Waals surface area contributed by atoms with Gasteiger partial charge in [-0.2, -0.15) is 0 Å². The van der Waals surface area contributed by atoms with Crippen LogP contribution in [0.2, 0.25) is 0 Å². The number of halogens is 1. The molecule has 24 heavy (non-hydrogen) atoms. The van der Waals surface area contributed by atoms with Crippen molar-refractivity contribution in [3.8, 4) is 0 Å². The standard InChI is InChI=1S/C15H13FN4O3S/c1-10-14(20-8-3-2-7-13(20)17-10)15(21)18-19-24(22,23)12-6-4-5-11(16)9-12/h2-9,19H,1H3,(H,18,21). The number of imidazole rings is 1. The van der Waals surface area contributed by atoms with Crippen LogP contribution in [0.1, 0.15) is 16.2 Å². The van der Waals surface area contributed by atoms with Crippen LogP contribution in [0.4, 0.5) is 4.39 Å². The summed E-state index contributed by atoms with van der Waals surface area (Å²) in [7, 11) is -4.09. The molecule has 0 bridgehead atoms. The molecule has 2 heterocycles. The maximum Gasteiger partial charge on any atom is 0.285 e. The van der Waals surface area contributed by atoms with Crippen molar-refractivity contribution in [3.05, 3.63) is 65.9 Å². The molecule has 0 aliphatic rings. The van der Waals surface area contributed by atoms with Gasteiger partial charge in [-0.1, -0.05) is 12.1 Å².